The molecule has 0 saturated carbocycles. The molecule has 1 rings (SSSR count). The lowest BCUT2D eigenvalue weighted by Crippen LogP contribution is -2.41. The summed E-state index contributed by atoms with van der Waals surface area (Å²) in [4.78, 5) is 25.1. The maximum absolute atomic E-state index is 11.9. The van der Waals surface area contributed by atoms with Gasteiger partial charge >= 0.3 is 5.97 Å². The van der Waals surface area contributed by atoms with Crippen LogP contribution in [0, 0.1) is 5.92 Å². The average molecular weight is 274 g/mol. The van der Waals surface area contributed by atoms with Crippen molar-refractivity contribution in [1.82, 2.24) is 4.90 Å². The third-order valence-corrected chi connectivity index (χ3v) is 4.38. The summed E-state index contributed by atoms with van der Waals surface area (Å²) in [6, 6.07) is 0. The smallest absolute Gasteiger partial charge is 0.308 e. The normalized spacial score (nSPS) is 18.5. The molecule has 0 spiro atoms. The summed E-state index contributed by atoms with van der Waals surface area (Å²) in [7, 11) is 1.41. The van der Waals surface area contributed by atoms with Crippen LogP contribution in [0.15, 0.2) is 0 Å². The molecule has 1 amide bonds. The van der Waals surface area contributed by atoms with Gasteiger partial charge in [0.1, 0.15) is 0 Å². The zero-order valence-electron chi connectivity index (χ0n) is 11.1. The predicted molar refractivity (Wildman–Crippen MR) is 72.3 cm³/mol. The lowest BCUT2D eigenvalue weighted by molar-refractivity contribution is -0.148. The van der Waals surface area contributed by atoms with E-state index in [9.17, 15) is 9.59 Å². The number of hydrogen-bond acceptors (Lipinski definition) is 5. The molecule has 1 unspecified atom stereocenters. The van der Waals surface area contributed by atoms with Crippen molar-refractivity contribution in [3.05, 3.63) is 0 Å². The summed E-state index contributed by atoms with van der Waals surface area (Å²) < 4.78 is 4.72. The quantitative estimate of drug-likeness (QED) is 0.738. The molecule has 1 aliphatic rings. The van der Waals surface area contributed by atoms with Gasteiger partial charge in [0.15, 0.2) is 0 Å². The van der Waals surface area contributed by atoms with Crippen molar-refractivity contribution < 1.29 is 14.3 Å². The van der Waals surface area contributed by atoms with Gasteiger partial charge in [-0.05, 0) is 12.8 Å². The van der Waals surface area contributed by atoms with E-state index in [4.69, 9.17) is 10.5 Å². The summed E-state index contributed by atoms with van der Waals surface area (Å²) >= 11 is 1.58. The second kappa shape index (κ2) is 7.63. The van der Waals surface area contributed by atoms with Gasteiger partial charge in [0.05, 0.1) is 18.8 Å². The number of likely N-dealkylation sites (tertiary alicyclic amines) is 1. The fourth-order valence-electron chi connectivity index (χ4n) is 1.90. The molecule has 0 bridgehead atoms. The molecule has 5 nitrogen and oxygen atoms in total. The Morgan fingerprint density at radius 2 is 2.06 bits per heavy atom. The molecule has 6 heteroatoms. The molecule has 18 heavy (non-hydrogen) atoms. The second-order valence-electron chi connectivity index (χ2n) is 4.54. The first-order valence-corrected chi connectivity index (χ1v) is 7.30. The van der Waals surface area contributed by atoms with E-state index in [0.29, 0.717) is 43.5 Å². The summed E-state index contributed by atoms with van der Waals surface area (Å²) in [5, 5.41) is 0.307. The number of esters is 1. The van der Waals surface area contributed by atoms with E-state index in [0.717, 1.165) is 0 Å². The summed E-state index contributed by atoms with van der Waals surface area (Å²) in [6.45, 7) is 3.90. The molecule has 0 aromatic rings. The van der Waals surface area contributed by atoms with Crippen molar-refractivity contribution in [2.45, 2.75) is 25.0 Å². The Bertz CT molecular complexity index is 291. The average Bonchev–Trinajstić information content (AvgIpc) is 2.43. The molecule has 0 aromatic carbocycles. The van der Waals surface area contributed by atoms with Gasteiger partial charge in [-0.1, -0.05) is 6.92 Å². The Morgan fingerprint density at radius 3 is 2.56 bits per heavy atom. The van der Waals surface area contributed by atoms with Crippen molar-refractivity contribution in [2.24, 2.45) is 11.7 Å². The molecule has 1 aliphatic heterocycles. The third-order valence-electron chi connectivity index (χ3n) is 3.21. The van der Waals surface area contributed by atoms with Gasteiger partial charge in [-0.25, -0.2) is 0 Å². The number of carbonyl (C=O) groups excluding carboxylic acids is 2. The number of carbonyl (C=O) groups is 2. The molecule has 1 atom stereocenters. The highest BCUT2D eigenvalue weighted by Gasteiger charge is 2.27. The van der Waals surface area contributed by atoms with Crippen LogP contribution in [-0.4, -0.2) is 54.5 Å². The first-order chi connectivity index (χ1) is 8.58. The summed E-state index contributed by atoms with van der Waals surface area (Å²) in [6.07, 6.45) is 1.41. The number of ether oxygens (including phenoxy) is 1. The molecule has 0 aliphatic carbocycles. The Morgan fingerprint density at radius 1 is 1.44 bits per heavy atom. The van der Waals surface area contributed by atoms with Crippen LogP contribution in [0.1, 0.15) is 19.8 Å². The van der Waals surface area contributed by atoms with Crippen LogP contribution in [0.2, 0.25) is 0 Å². The zero-order chi connectivity index (χ0) is 13.5. The first kappa shape index (κ1) is 15.3. The van der Waals surface area contributed by atoms with Gasteiger partial charge in [-0.3, -0.25) is 9.59 Å². The predicted octanol–water partition coefficient (Wildman–Crippen LogP) is 0.478. The monoisotopic (exact) mass is 274 g/mol. The largest absolute Gasteiger partial charge is 0.469 e. The van der Waals surface area contributed by atoms with Crippen molar-refractivity contribution in [1.29, 1.82) is 0 Å². The Labute approximate surface area is 112 Å². The minimum Gasteiger partial charge on any atom is -0.469 e. The molecule has 2 N–H and O–H groups in total. The van der Waals surface area contributed by atoms with E-state index < -0.39 is 0 Å². The zero-order valence-corrected chi connectivity index (χ0v) is 11.9. The number of hydrogen-bond donors (Lipinski definition) is 1. The number of nitrogens with zero attached hydrogens (tertiary/aromatic N) is 1. The molecule has 1 fully saturated rings. The number of rotatable bonds is 5. The van der Waals surface area contributed by atoms with Crippen LogP contribution in [0.25, 0.3) is 0 Å². The minimum absolute atomic E-state index is 0.0466. The minimum atomic E-state index is -0.159. The van der Waals surface area contributed by atoms with Crippen LogP contribution >= 0.6 is 11.8 Å². The molecule has 1 saturated heterocycles. The lowest BCUT2D eigenvalue weighted by atomic mass is 9.97. The first-order valence-electron chi connectivity index (χ1n) is 6.25. The highest BCUT2D eigenvalue weighted by Crippen LogP contribution is 2.19. The van der Waals surface area contributed by atoms with Crippen molar-refractivity contribution in [3.63, 3.8) is 0 Å². The summed E-state index contributed by atoms with van der Waals surface area (Å²) in [5.74, 6) is 0.410. The van der Waals surface area contributed by atoms with Gasteiger partial charge in [-0.15, -0.1) is 11.8 Å². The van der Waals surface area contributed by atoms with Gasteiger partial charge in [0.2, 0.25) is 5.91 Å². The fourth-order valence-corrected chi connectivity index (χ4v) is 2.65. The number of amides is 1. The van der Waals surface area contributed by atoms with E-state index in [1.807, 2.05) is 11.8 Å². The molecular formula is C12H22N2O3S. The van der Waals surface area contributed by atoms with E-state index in [-0.39, 0.29) is 17.8 Å². The third kappa shape index (κ3) is 4.49. The van der Waals surface area contributed by atoms with E-state index >= 15 is 0 Å². The van der Waals surface area contributed by atoms with E-state index in [1.165, 1.54) is 7.11 Å². The molecule has 104 valence electrons. The lowest BCUT2D eigenvalue weighted by Gasteiger charge is -2.30. The number of nitrogens with two attached hydrogens (primary N) is 1. The maximum Gasteiger partial charge on any atom is 0.308 e. The Kier molecular flexibility index (Phi) is 6.49. The van der Waals surface area contributed by atoms with Gasteiger partial charge < -0.3 is 15.4 Å². The molecule has 0 aromatic heterocycles. The van der Waals surface area contributed by atoms with Crippen LogP contribution in [0.3, 0.4) is 0 Å². The highest BCUT2D eigenvalue weighted by molar-refractivity contribution is 8.00. The standard InChI is InChI=1S/C12H22N2O3S/c1-9(7-13)18-8-11(15)14-5-3-10(4-6-14)12(16)17-2/h9-10H,3-8,13H2,1-2H3. The van der Waals surface area contributed by atoms with Crippen LogP contribution in [0.5, 0.6) is 0 Å². The Hall–Kier alpha value is -0.750. The molecule has 1 heterocycles. The number of thioether (sulfide) groups is 1. The highest BCUT2D eigenvalue weighted by atomic mass is 32.2. The van der Waals surface area contributed by atoms with Crippen LogP contribution < -0.4 is 5.73 Å². The SMILES string of the molecule is COC(=O)C1CCN(C(=O)CSC(C)CN)CC1. The maximum atomic E-state index is 11.9. The Balaban J connectivity index is 2.29. The second-order valence-corrected chi connectivity index (χ2v) is 5.96. The van der Waals surface area contributed by atoms with Crippen LogP contribution in [-0.2, 0) is 14.3 Å². The van der Waals surface area contributed by atoms with Gasteiger partial charge in [0, 0.05) is 24.9 Å². The van der Waals surface area contributed by atoms with Gasteiger partial charge in [-0.2, -0.15) is 0 Å². The fraction of sp³-hybridized carbons (Fsp3) is 0.833. The van der Waals surface area contributed by atoms with E-state index in [2.05, 4.69) is 0 Å². The van der Waals surface area contributed by atoms with Gasteiger partial charge in [0.25, 0.3) is 0 Å². The van der Waals surface area contributed by atoms with Crippen LogP contribution in [0.4, 0.5) is 0 Å². The number of methoxy groups -OCH3 is 1. The molecule has 0 radical (unpaired) electrons. The van der Waals surface area contributed by atoms with Crippen molar-refractivity contribution in [3.8, 4) is 0 Å². The molecular weight excluding hydrogens is 252 g/mol. The number of piperidine rings is 1. The topological polar surface area (TPSA) is 72.6 Å². The van der Waals surface area contributed by atoms with Crippen molar-refractivity contribution in [2.75, 3.05) is 32.5 Å². The summed E-state index contributed by atoms with van der Waals surface area (Å²) in [5.41, 5.74) is 5.51. The van der Waals surface area contributed by atoms with Crippen molar-refractivity contribution >= 4 is 23.6 Å². The van der Waals surface area contributed by atoms with E-state index in [1.54, 1.807) is 11.8 Å².